The van der Waals surface area contributed by atoms with E-state index in [-0.39, 0.29) is 0 Å². The zero-order valence-corrected chi connectivity index (χ0v) is 26.9. The number of para-hydroxylation sites is 2. The Morgan fingerprint density at radius 1 is 0.400 bits per heavy atom. The Morgan fingerprint density at radius 2 is 0.960 bits per heavy atom. The van der Waals surface area contributed by atoms with E-state index in [0.29, 0.717) is 17.6 Å². The monoisotopic (exact) mass is 640 g/mol. The van der Waals surface area contributed by atoms with E-state index in [1.54, 1.807) is 0 Å². The third kappa shape index (κ3) is 4.52. The second-order valence-corrected chi connectivity index (χ2v) is 12.4. The fourth-order valence-corrected chi connectivity index (χ4v) is 7.14. The minimum absolute atomic E-state index is 0.549. The Morgan fingerprint density at radius 3 is 1.68 bits per heavy atom. The molecule has 7 aromatic carbocycles. The summed E-state index contributed by atoms with van der Waals surface area (Å²) in [6.45, 7) is 0. The van der Waals surface area contributed by atoms with Crippen molar-refractivity contribution in [1.82, 2.24) is 19.5 Å². The molecule has 5 heteroatoms. The topological polar surface area (TPSA) is 56.7 Å². The minimum Gasteiger partial charge on any atom is -0.455 e. The number of nitrogens with zero attached hydrogens (tertiary/aromatic N) is 4. The Balaban J connectivity index is 1.26. The number of aromatic nitrogens is 4. The number of furan rings is 1. The first kappa shape index (κ1) is 28.2. The number of rotatable bonds is 5. The molecular weight excluding hydrogens is 613 g/mol. The summed E-state index contributed by atoms with van der Waals surface area (Å²) in [7, 11) is 0. The van der Waals surface area contributed by atoms with Crippen LogP contribution in [0.4, 0.5) is 0 Å². The smallest absolute Gasteiger partial charge is 0.238 e. The zero-order chi connectivity index (χ0) is 33.0. The van der Waals surface area contributed by atoms with Crippen LogP contribution in [-0.2, 0) is 0 Å². The van der Waals surface area contributed by atoms with Crippen LogP contribution in [0.5, 0.6) is 0 Å². The maximum atomic E-state index is 6.70. The molecule has 0 aliphatic rings. The molecule has 0 unspecified atom stereocenters. The molecule has 0 saturated carbocycles. The van der Waals surface area contributed by atoms with E-state index in [1.165, 1.54) is 0 Å². The summed E-state index contributed by atoms with van der Waals surface area (Å²) in [5, 5.41) is 4.30. The van der Waals surface area contributed by atoms with Crippen molar-refractivity contribution in [3.8, 4) is 51.0 Å². The van der Waals surface area contributed by atoms with E-state index < -0.39 is 0 Å². The van der Waals surface area contributed by atoms with Gasteiger partial charge >= 0.3 is 0 Å². The van der Waals surface area contributed by atoms with E-state index in [9.17, 15) is 0 Å². The van der Waals surface area contributed by atoms with Gasteiger partial charge in [-0.25, -0.2) is 4.98 Å². The second-order valence-electron chi connectivity index (χ2n) is 12.4. The predicted octanol–water partition coefficient (Wildman–Crippen LogP) is 11.5. The van der Waals surface area contributed by atoms with Gasteiger partial charge in [-0.2, -0.15) is 9.97 Å². The van der Waals surface area contributed by atoms with Gasteiger partial charge in [0.25, 0.3) is 0 Å². The van der Waals surface area contributed by atoms with Crippen molar-refractivity contribution in [3.05, 3.63) is 170 Å². The molecule has 10 rings (SSSR count). The largest absolute Gasteiger partial charge is 0.455 e. The quantitative estimate of drug-likeness (QED) is 0.188. The lowest BCUT2D eigenvalue weighted by Crippen LogP contribution is -2.06. The third-order valence-electron chi connectivity index (χ3n) is 9.49. The van der Waals surface area contributed by atoms with Gasteiger partial charge in [0.15, 0.2) is 11.6 Å². The van der Waals surface area contributed by atoms with Gasteiger partial charge in [0, 0.05) is 32.8 Å². The van der Waals surface area contributed by atoms with E-state index in [4.69, 9.17) is 19.4 Å². The highest BCUT2D eigenvalue weighted by Gasteiger charge is 2.23. The van der Waals surface area contributed by atoms with Gasteiger partial charge in [-0.3, -0.25) is 4.57 Å². The highest BCUT2D eigenvalue weighted by atomic mass is 16.3. The van der Waals surface area contributed by atoms with E-state index in [0.717, 1.165) is 77.1 Å². The summed E-state index contributed by atoms with van der Waals surface area (Å²) in [6, 6.07) is 58.4. The lowest BCUT2D eigenvalue weighted by atomic mass is 10.0. The maximum Gasteiger partial charge on any atom is 0.238 e. The van der Waals surface area contributed by atoms with Crippen LogP contribution in [0.25, 0.3) is 94.7 Å². The molecule has 0 atom stereocenters. The minimum atomic E-state index is 0.549. The first-order valence-corrected chi connectivity index (χ1v) is 16.7. The summed E-state index contributed by atoms with van der Waals surface area (Å²) in [5.41, 5.74) is 10.00. The predicted molar refractivity (Wildman–Crippen MR) is 203 cm³/mol. The lowest BCUT2D eigenvalue weighted by Gasteiger charge is -2.11. The van der Waals surface area contributed by atoms with Crippen molar-refractivity contribution in [2.45, 2.75) is 0 Å². The van der Waals surface area contributed by atoms with Gasteiger partial charge in [0.1, 0.15) is 11.2 Å². The maximum absolute atomic E-state index is 6.70. The van der Waals surface area contributed by atoms with E-state index in [2.05, 4.69) is 132 Å². The summed E-state index contributed by atoms with van der Waals surface area (Å²) >= 11 is 0. The summed E-state index contributed by atoms with van der Waals surface area (Å²) in [6.07, 6.45) is 0. The number of hydrogen-bond donors (Lipinski definition) is 0. The SMILES string of the molecule is c1ccc(-c2ccc(-c3nc(-c4ccccc4)nc(-n4c5ccccc5c5ccc6oc7c(-c8ccccc8)cccc7c6c54)n3)cc2)cc1. The average molecular weight is 641 g/mol. The van der Waals surface area contributed by atoms with Gasteiger partial charge in [0.2, 0.25) is 5.95 Å². The molecule has 0 saturated heterocycles. The average Bonchev–Trinajstić information content (AvgIpc) is 3.75. The molecule has 0 spiro atoms. The molecule has 0 fully saturated rings. The fraction of sp³-hybridized carbons (Fsp3) is 0. The van der Waals surface area contributed by atoms with Crippen LogP contribution in [0.1, 0.15) is 0 Å². The van der Waals surface area contributed by atoms with E-state index in [1.807, 2.05) is 42.5 Å². The molecule has 0 aliphatic carbocycles. The molecule has 0 N–H and O–H groups in total. The molecular formula is C45H28N4O. The standard InChI is InChI=1S/C45H28N4O/c1-4-13-29(14-5-1)30-23-25-33(26-24-30)44-46-43(32-17-8-3-9-18-32)47-45(48-44)49-38-22-11-10-19-35(38)36-27-28-39-40(41(36)49)37-21-12-20-34(42(37)50-39)31-15-6-2-7-16-31/h1-28H. The molecule has 10 aromatic rings. The lowest BCUT2D eigenvalue weighted by molar-refractivity contribution is 0.670. The molecule has 3 heterocycles. The van der Waals surface area contributed by atoms with Crippen LogP contribution in [0.3, 0.4) is 0 Å². The number of fused-ring (bicyclic) bond motifs is 7. The van der Waals surface area contributed by atoms with Gasteiger partial charge in [-0.15, -0.1) is 0 Å². The molecule has 50 heavy (non-hydrogen) atoms. The molecule has 0 bridgehead atoms. The van der Waals surface area contributed by atoms with Crippen molar-refractivity contribution in [3.63, 3.8) is 0 Å². The summed E-state index contributed by atoms with van der Waals surface area (Å²) in [4.78, 5) is 15.4. The van der Waals surface area contributed by atoms with Crippen LogP contribution < -0.4 is 0 Å². The van der Waals surface area contributed by atoms with Crippen molar-refractivity contribution < 1.29 is 4.42 Å². The van der Waals surface area contributed by atoms with Gasteiger partial charge in [0.05, 0.1) is 16.4 Å². The van der Waals surface area contributed by atoms with Gasteiger partial charge in [-0.05, 0) is 34.9 Å². The van der Waals surface area contributed by atoms with Gasteiger partial charge in [-0.1, -0.05) is 152 Å². The highest BCUT2D eigenvalue weighted by Crippen LogP contribution is 2.43. The van der Waals surface area contributed by atoms with Crippen LogP contribution >= 0.6 is 0 Å². The molecule has 0 radical (unpaired) electrons. The van der Waals surface area contributed by atoms with Crippen LogP contribution in [0, 0.1) is 0 Å². The third-order valence-corrected chi connectivity index (χ3v) is 9.49. The Kier molecular flexibility index (Phi) is 6.42. The van der Waals surface area contributed by atoms with Gasteiger partial charge < -0.3 is 4.42 Å². The normalized spacial score (nSPS) is 11.6. The highest BCUT2D eigenvalue weighted by molar-refractivity contribution is 6.25. The van der Waals surface area contributed by atoms with Crippen LogP contribution in [0.2, 0.25) is 0 Å². The van der Waals surface area contributed by atoms with Crippen LogP contribution in [-0.4, -0.2) is 19.5 Å². The van der Waals surface area contributed by atoms with Crippen LogP contribution in [0.15, 0.2) is 174 Å². The Labute approximate surface area is 287 Å². The first-order chi connectivity index (χ1) is 24.8. The first-order valence-electron chi connectivity index (χ1n) is 16.7. The number of benzene rings is 7. The molecule has 0 amide bonds. The fourth-order valence-electron chi connectivity index (χ4n) is 7.14. The molecule has 234 valence electrons. The van der Waals surface area contributed by atoms with Crippen molar-refractivity contribution >= 4 is 43.7 Å². The zero-order valence-electron chi connectivity index (χ0n) is 26.9. The Hall–Kier alpha value is -6.85. The van der Waals surface area contributed by atoms with Crippen molar-refractivity contribution in [2.24, 2.45) is 0 Å². The van der Waals surface area contributed by atoms with Crippen molar-refractivity contribution in [1.29, 1.82) is 0 Å². The molecule has 3 aromatic heterocycles. The van der Waals surface area contributed by atoms with Crippen molar-refractivity contribution in [2.75, 3.05) is 0 Å². The van der Waals surface area contributed by atoms with E-state index >= 15 is 0 Å². The number of hydrogen-bond acceptors (Lipinski definition) is 4. The summed E-state index contributed by atoms with van der Waals surface area (Å²) in [5.74, 6) is 1.77. The Bertz CT molecular complexity index is 2840. The second kappa shape index (κ2) is 11.4. The molecule has 5 nitrogen and oxygen atoms in total. The molecule has 0 aliphatic heterocycles. The summed E-state index contributed by atoms with van der Waals surface area (Å²) < 4.78 is 8.89.